The summed E-state index contributed by atoms with van der Waals surface area (Å²) < 4.78 is 6.68. The first kappa shape index (κ1) is 20.0. The van der Waals surface area contributed by atoms with E-state index in [9.17, 15) is 0 Å². The topological polar surface area (TPSA) is 26.6 Å². The van der Waals surface area contributed by atoms with Crippen LogP contribution in [0.15, 0.2) is 91.1 Å². The van der Waals surface area contributed by atoms with Crippen molar-refractivity contribution in [1.82, 2.24) is 14.3 Å². The number of benzene rings is 3. The van der Waals surface area contributed by atoms with Gasteiger partial charge in [0.05, 0.1) is 18.8 Å². The third-order valence-corrected chi connectivity index (χ3v) is 6.12. The Morgan fingerprint density at radius 3 is 1.94 bits per heavy atom. The Morgan fingerprint density at radius 2 is 1.34 bits per heavy atom. The standard InChI is InChI=1S/C28H27N4/c1-20-12-11-13-21(2)26(20)28-31(25-18-19-29-30(25)4)22(3)27(23-14-7-5-8-15-23)32(28)24-16-9-6-10-17-24/h5-19H,1-4H3/q+1. The maximum absolute atomic E-state index is 4.48. The van der Waals surface area contributed by atoms with E-state index in [0.29, 0.717) is 0 Å². The van der Waals surface area contributed by atoms with E-state index in [1.54, 1.807) is 0 Å². The van der Waals surface area contributed by atoms with Gasteiger partial charge in [0.15, 0.2) is 0 Å². The highest BCUT2D eigenvalue weighted by Gasteiger charge is 2.32. The second-order valence-corrected chi connectivity index (χ2v) is 8.21. The summed E-state index contributed by atoms with van der Waals surface area (Å²) in [6.45, 7) is 6.58. The first-order chi connectivity index (χ1) is 15.6. The molecule has 0 saturated heterocycles. The summed E-state index contributed by atoms with van der Waals surface area (Å²) in [5.41, 5.74) is 8.39. The molecule has 0 radical (unpaired) electrons. The summed E-state index contributed by atoms with van der Waals surface area (Å²) >= 11 is 0. The molecule has 2 heterocycles. The Morgan fingerprint density at radius 1 is 0.719 bits per heavy atom. The van der Waals surface area contributed by atoms with Gasteiger partial charge in [-0.2, -0.15) is 9.25 Å². The highest BCUT2D eigenvalue weighted by Crippen LogP contribution is 2.35. The summed E-state index contributed by atoms with van der Waals surface area (Å²) in [5.74, 6) is 2.17. The van der Waals surface area contributed by atoms with Crippen LogP contribution in [0.4, 0.5) is 0 Å². The van der Waals surface area contributed by atoms with Crippen LogP contribution in [0.1, 0.15) is 16.8 Å². The van der Waals surface area contributed by atoms with Crippen molar-refractivity contribution in [2.45, 2.75) is 20.8 Å². The first-order valence-corrected chi connectivity index (χ1v) is 10.9. The minimum Gasteiger partial charge on any atom is -0.222 e. The number of para-hydroxylation sites is 1. The van der Waals surface area contributed by atoms with Crippen molar-refractivity contribution in [3.05, 3.63) is 108 Å². The SMILES string of the molecule is Cc1cccc(C)c1-c1n(-c2ccccc2)c(-c2ccccc2)c(C)[n+]1-c1ccnn1C. The van der Waals surface area contributed by atoms with E-state index >= 15 is 0 Å². The molecule has 5 aromatic rings. The molecule has 0 aliphatic carbocycles. The number of nitrogens with zero attached hydrogens (tertiary/aromatic N) is 4. The van der Waals surface area contributed by atoms with Crippen molar-refractivity contribution >= 4 is 0 Å². The predicted molar refractivity (Wildman–Crippen MR) is 129 cm³/mol. The molecule has 0 N–H and O–H groups in total. The fraction of sp³-hybridized carbons (Fsp3) is 0.143. The van der Waals surface area contributed by atoms with Crippen LogP contribution in [0, 0.1) is 20.8 Å². The number of imidazole rings is 1. The lowest BCUT2D eigenvalue weighted by Crippen LogP contribution is -2.37. The molecule has 0 fully saturated rings. The Hall–Kier alpha value is -3.92. The first-order valence-electron chi connectivity index (χ1n) is 10.9. The number of rotatable bonds is 4. The summed E-state index contributed by atoms with van der Waals surface area (Å²) in [6, 6.07) is 29.8. The molecule has 32 heavy (non-hydrogen) atoms. The highest BCUT2D eigenvalue weighted by atomic mass is 15.3. The lowest BCUT2D eigenvalue weighted by Gasteiger charge is -2.13. The molecule has 3 aromatic carbocycles. The van der Waals surface area contributed by atoms with Crippen LogP contribution in [0.3, 0.4) is 0 Å². The van der Waals surface area contributed by atoms with Crippen LogP contribution in [0.2, 0.25) is 0 Å². The van der Waals surface area contributed by atoms with Crippen LogP contribution in [0.25, 0.3) is 34.2 Å². The average Bonchev–Trinajstić information content (AvgIpc) is 3.35. The molecule has 0 bridgehead atoms. The molecule has 0 spiro atoms. The summed E-state index contributed by atoms with van der Waals surface area (Å²) in [4.78, 5) is 0. The largest absolute Gasteiger partial charge is 0.253 e. The van der Waals surface area contributed by atoms with Crippen molar-refractivity contribution in [3.8, 4) is 34.2 Å². The summed E-state index contributed by atoms with van der Waals surface area (Å²) in [5, 5.41) is 4.48. The molecule has 0 unspecified atom stereocenters. The van der Waals surface area contributed by atoms with E-state index < -0.39 is 0 Å². The zero-order valence-electron chi connectivity index (χ0n) is 18.9. The molecule has 5 rings (SSSR count). The van der Waals surface area contributed by atoms with E-state index in [-0.39, 0.29) is 0 Å². The van der Waals surface area contributed by atoms with Crippen molar-refractivity contribution < 1.29 is 4.57 Å². The Bertz CT molecular complexity index is 1370. The van der Waals surface area contributed by atoms with Crippen molar-refractivity contribution in [3.63, 3.8) is 0 Å². The van der Waals surface area contributed by atoms with E-state index in [1.165, 1.54) is 33.6 Å². The molecular weight excluding hydrogens is 392 g/mol. The molecule has 4 heteroatoms. The highest BCUT2D eigenvalue weighted by molar-refractivity contribution is 5.73. The number of hydrogen-bond acceptors (Lipinski definition) is 1. The molecule has 0 amide bonds. The van der Waals surface area contributed by atoms with Gasteiger partial charge >= 0.3 is 0 Å². The van der Waals surface area contributed by atoms with Gasteiger partial charge in [0, 0.05) is 11.6 Å². The van der Waals surface area contributed by atoms with Crippen molar-refractivity contribution in [2.75, 3.05) is 0 Å². The smallest absolute Gasteiger partial charge is 0.222 e. The van der Waals surface area contributed by atoms with Gasteiger partial charge < -0.3 is 0 Å². The number of hydrogen-bond donors (Lipinski definition) is 0. The molecule has 0 saturated carbocycles. The fourth-order valence-electron chi connectivity index (χ4n) is 4.65. The van der Waals surface area contributed by atoms with E-state index in [4.69, 9.17) is 0 Å². The zero-order valence-corrected chi connectivity index (χ0v) is 18.9. The molecular formula is C28H27N4+. The Kier molecular flexibility index (Phi) is 4.98. The fourth-order valence-corrected chi connectivity index (χ4v) is 4.65. The van der Waals surface area contributed by atoms with Gasteiger partial charge in [-0.1, -0.05) is 66.7 Å². The van der Waals surface area contributed by atoms with Gasteiger partial charge in [0.1, 0.15) is 17.1 Å². The summed E-state index contributed by atoms with van der Waals surface area (Å²) in [6.07, 6.45) is 1.86. The van der Waals surface area contributed by atoms with Crippen LogP contribution >= 0.6 is 0 Å². The second-order valence-electron chi connectivity index (χ2n) is 8.21. The lowest BCUT2D eigenvalue weighted by atomic mass is 10.0. The average molecular weight is 420 g/mol. The van der Waals surface area contributed by atoms with Gasteiger partial charge in [-0.15, -0.1) is 5.10 Å². The van der Waals surface area contributed by atoms with Crippen LogP contribution in [-0.4, -0.2) is 14.3 Å². The van der Waals surface area contributed by atoms with Crippen LogP contribution in [0.5, 0.6) is 0 Å². The maximum Gasteiger partial charge on any atom is 0.253 e. The third-order valence-electron chi connectivity index (χ3n) is 6.12. The Balaban J connectivity index is 2.01. The lowest BCUT2D eigenvalue weighted by molar-refractivity contribution is -0.595. The van der Waals surface area contributed by atoms with E-state index in [2.05, 4.69) is 120 Å². The van der Waals surface area contributed by atoms with E-state index in [1.807, 2.05) is 17.9 Å². The van der Waals surface area contributed by atoms with Gasteiger partial charge in [-0.3, -0.25) is 0 Å². The normalized spacial score (nSPS) is 11.1. The molecule has 4 nitrogen and oxygen atoms in total. The number of aryl methyl sites for hydroxylation is 3. The third kappa shape index (κ3) is 3.16. The van der Waals surface area contributed by atoms with Crippen LogP contribution in [-0.2, 0) is 7.05 Å². The Labute approximate surface area is 189 Å². The molecule has 0 atom stereocenters. The molecule has 158 valence electrons. The minimum absolute atomic E-state index is 1.03. The van der Waals surface area contributed by atoms with Crippen molar-refractivity contribution in [1.29, 1.82) is 0 Å². The monoisotopic (exact) mass is 419 g/mol. The summed E-state index contributed by atoms with van der Waals surface area (Å²) in [7, 11) is 2.00. The molecule has 0 aliphatic heterocycles. The predicted octanol–water partition coefficient (Wildman–Crippen LogP) is 5.75. The van der Waals surface area contributed by atoms with Gasteiger partial charge in [0.2, 0.25) is 5.82 Å². The maximum atomic E-state index is 4.48. The number of aromatic nitrogens is 4. The quantitative estimate of drug-likeness (QED) is 0.341. The second kappa shape index (κ2) is 7.97. The van der Waals surface area contributed by atoms with E-state index in [0.717, 1.165) is 17.3 Å². The minimum atomic E-state index is 1.03. The van der Waals surface area contributed by atoms with Gasteiger partial charge in [-0.25, -0.2) is 4.57 Å². The molecule has 0 aliphatic rings. The van der Waals surface area contributed by atoms with Crippen LogP contribution < -0.4 is 4.57 Å². The van der Waals surface area contributed by atoms with Gasteiger partial charge in [0.25, 0.3) is 5.82 Å². The molecule has 2 aromatic heterocycles. The van der Waals surface area contributed by atoms with Gasteiger partial charge in [-0.05, 0) is 44.0 Å². The van der Waals surface area contributed by atoms with Crippen molar-refractivity contribution in [2.24, 2.45) is 7.05 Å². The zero-order chi connectivity index (χ0) is 22.2.